The number of anilines is 2. The zero-order chi connectivity index (χ0) is 15.4. The Balaban J connectivity index is 0.00000242. The largest absolute Gasteiger partial charge is 0.327 e. The minimum Gasteiger partial charge on any atom is -0.327 e. The van der Waals surface area contributed by atoms with Crippen LogP contribution in [0.4, 0.5) is 11.4 Å². The van der Waals surface area contributed by atoms with Gasteiger partial charge in [-0.15, -0.1) is 12.4 Å². The molecule has 22 heavy (non-hydrogen) atoms. The van der Waals surface area contributed by atoms with Crippen LogP contribution >= 0.6 is 24.0 Å². The van der Waals surface area contributed by atoms with Gasteiger partial charge in [0.15, 0.2) is 0 Å². The van der Waals surface area contributed by atoms with E-state index in [9.17, 15) is 9.59 Å². The van der Waals surface area contributed by atoms with Crippen LogP contribution in [0.2, 0.25) is 5.02 Å². The van der Waals surface area contributed by atoms with E-state index >= 15 is 0 Å². The molecule has 0 saturated heterocycles. The van der Waals surface area contributed by atoms with Crippen molar-refractivity contribution < 1.29 is 9.59 Å². The minimum absolute atomic E-state index is 0. The van der Waals surface area contributed by atoms with E-state index in [1.165, 1.54) is 6.92 Å². The quantitative estimate of drug-likeness (QED) is 0.783. The summed E-state index contributed by atoms with van der Waals surface area (Å²) in [6, 6.07) is 5.12. The summed E-state index contributed by atoms with van der Waals surface area (Å²) in [5.41, 5.74) is 7.07. The number of halogens is 2. The van der Waals surface area contributed by atoms with Crippen molar-refractivity contribution in [1.82, 2.24) is 0 Å². The summed E-state index contributed by atoms with van der Waals surface area (Å²) in [6.45, 7) is 1.41. The summed E-state index contributed by atoms with van der Waals surface area (Å²) in [7, 11) is 0. The normalized spacial score (nSPS) is 20.1. The van der Waals surface area contributed by atoms with Crippen molar-refractivity contribution in [2.75, 3.05) is 10.6 Å². The fourth-order valence-corrected chi connectivity index (χ4v) is 2.82. The molecule has 122 valence electrons. The van der Waals surface area contributed by atoms with Gasteiger partial charge >= 0.3 is 0 Å². The number of rotatable bonds is 4. The Morgan fingerprint density at radius 2 is 2.05 bits per heavy atom. The van der Waals surface area contributed by atoms with Crippen molar-refractivity contribution in [1.29, 1.82) is 0 Å². The number of carbonyl (C=O) groups excluding carboxylic acids is 2. The Bertz CT molecular complexity index is 552. The average molecular weight is 346 g/mol. The zero-order valence-corrected chi connectivity index (χ0v) is 14.0. The maximum atomic E-state index is 12.0. The molecule has 0 spiro atoms. The Hall–Kier alpha value is -1.30. The highest BCUT2D eigenvalue weighted by molar-refractivity contribution is 6.33. The summed E-state index contributed by atoms with van der Waals surface area (Å²) in [6.07, 6.45) is 3.52. The van der Waals surface area contributed by atoms with Gasteiger partial charge in [0.1, 0.15) is 0 Å². The van der Waals surface area contributed by atoms with Crippen LogP contribution in [-0.2, 0) is 9.59 Å². The molecule has 1 aromatic carbocycles. The summed E-state index contributed by atoms with van der Waals surface area (Å²) in [5.74, 6) is -0.0159. The van der Waals surface area contributed by atoms with E-state index in [4.69, 9.17) is 17.3 Å². The molecule has 1 saturated carbocycles. The van der Waals surface area contributed by atoms with Crippen LogP contribution in [0.25, 0.3) is 0 Å². The highest BCUT2D eigenvalue weighted by Gasteiger charge is 2.26. The van der Waals surface area contributed by atoms with Gasteiger partial charge in [0.25, 0.3) is 0 Å². The van der Waals surface area contributed by atoms with Gasteiger partial charge in [-0.25, -0.2) is 0 Å². The Labute approximate surface area is 141 Å². The summed E-state index contributed by atoms with van der Waals surface area (Å²) >= 11 is 5.99. The molecule has 0 bridgehead atoms. The van der Waals surface area contributed by atoms with Gasteiger partial charge in [-0.05, 0) is 37.0 Å². The first kappa shape index (κ1) is 18.7. The second kappa shape index (κ2) is 8.36. The number of amides is 2. The third-order valence-electron chi connectivity index (χ3n) is 3.73. The fourth-order valence-electron chi connectivity index (χ4n) is 2.66. The second-order valence-corrected chi connectivity index (χ2v) is 5.89. The molecule has 0 unspecified atom stereocenters. The van der Waals surface area contributed by atoms with Crippen LogP contribution in [0.3, 0.4) is 0 Å². The lowest BCUT2D eigenvalue weighted by molar-refractivity contribution is -0.117. The molecule has 2 rings (SSSR count). The molecule has 1 aliphatic carbocycles. The van der Waals surface area contributed by atoms with Crippen LogP contribution < -0.4 is 16.4 Å². The molecule has 2 atom stereocenters. The lowest BCUT2D eigenvalue weighted by Gasteiger charge is -2.15. The SMILES string of the molecule is CC(=O)Nc1cc(NC(=O)C[C@@H]2CCC[C@H]2N)ccc1Cl.Cl. The number of hydrogen-bond donors (Lipinski definition) is 3. The molecule has 2 amide bonds. The number of nitrogens with two attached hydrogens (primary N) is 1. The Morgan fingerprint density at radius 1 is 1.32 bits per heavy atom. The molecule has 0 heterocycles. The minimum atomic E-state index is -0.211. The van der Waals surface area contributed by atoms with Crippen LogP contribution in [-0.4, -0.2) is 17.9 Å². The molecule has 1 aromatic rings. The maximum absolute atomic E-state index is 12.0. The summed E-state index contributed by atoms with van der Waals surface area (Å²) in [5, 5.41) is 5.88. The van der Waals surface area contributed by atoms with Gasteiger partial charge in [-0.2, -0.15) is 0 Å². The third-order valence-corrected chi connectivity index (χ3v) is 4.06. The molecule has 0 radical (unpaired) electrons. The van der Waals surface area contributed by atoms with E-state index in [0.29, 0.717) is 22.8 Å². The number of carbonyl (C=O) groups is 2. The maximum Gasteiger partial charge on any atom is 0.224 e. The van der Waals surface area contributed by atoms with Gasteiger partial charge in [-0.1, -0.05) is 18.0 Å². The van der Waals surface area contributed by atoms with Crippen LogP contribution in [0.5, 0.6) is 0 Å². The molecule has 5 nitrogen and oxygen atoms in total. The van der Waals surface area contributed by atoms with Crippen molar-refractivity contribution in [3.8, 4) is 0 Å². The first-order chi connectivity index (χ1) is 9.95. The summed E-state index contributed by atoms with van der Waals surface area (Å²) in [4.78, 5) is 23.1. The Morgan fingerprint density at radius 3 is 2.64 bits per heavy atom. The van der Waals surface area contributed by atoms with Gasteiger partial charge in [-0.3, -0.25) is 9.59 Å². The zero-order valence-electron chi connectivity index (χ0n) is 12.4. The van der Waals surface area contributed by atoms with E-state index in [2.05, 4.69) is 10.6 Å². The number of hydrogen-bond acceptors (Lipinski definition) is 3. The molecule has 1 aliphatic rings. The van der Waals surface area contributed by atoms with Crippen molar-refractivity contribution in [3.05, 3.63) is 23.2 Å². The standard InChI is InChI=1S/C15H20ClN3O2.ClH/c1-9(20)18-14-8-11(5-6-12(14)16)19-15(21)7-10-3-2-4-13(10)17;/h5-6,8,10,13H,2-4,7,17H2,1H3,(H,18,20)(H,19,21);1H/t10-,13+;/m0./s1. The van der Waals surface area contributed by atoms with E-state index in [1.807, 2.05) is 0 Å². The van der Waals surface area contributed by atoms with E-state index in [-0.39, 0.29) is 36.2 Å². The molecular formula is C15H21Cl2N3O2. The fraction of sp³-hybridized carbons (Fsp3) is 0.467. The van der Waals surface area contributed by atoms with E-state index in [1.54, 1.807) is 18.2 Å². The van der Waals surface area contributed by atoms with Gasteiger partial charge in [0, 0.05) is 25.1 Å². The van der Waals surface area contributed by atoms with Crippen LogP contribution in [0.15, 0.2) is 18.2 Å². The van der Waals surface area contributed by atoms with E-state index in [0.717, 1.165) is 19.3 Å². The topological polar surface area (TPSA) is 84.2 Å². The van der Waals surface area contributed by atoms with Crippen molar-refractivity contribution in [2.24, 2.45) is 11.7 Å². The lowest BCUT2D eigenvalue weighted by Crippen LogP contribution is -2.28. The lowest BCUT2D eigenvalue weighted by atomic mass is 10.00. The number of benzene rings is 1. The highest BCUT2D eigenvalue weighted by atomic mass is 35.5. The molecule has 0 aromatic heterocycles. The first-order valence-corrected chi connectivity index (χ1v) is 7.46. The van der Waals surface area contributed by atoms with Crippen LogP contribution in [0, 0.1) is 5.92 Å². The van der Waals surface area contributed by atoms with Gasteiger partial charge < -0.3 is 16.4 Å². The smallest absolute Gasteiger partial charge is 0.224 e. The first-order valence-electron chi connectivity index (χ1n) is 7.08. The molecule has 0 aliphatic heterocycles. The van der Waals surface area contributed by atoms with Gasteiger partial charge in [0.2, 0.25) is 11.8 Å². The number of nitrogens with one attached hydrogen (secondary N) is 2. The predicted octanol–water partition coefficient (Wildman–Crippen LogP) is 3.18. The monoisotopic (exact) mass is 345 g/mol. The molecule has 7 heteroatoms. The van der Waals surface area contributed by atoms with Crippen molar-refractivity contribution >= 4 is 47.2 Å². The second-order valence-electron chi connectivity index (χ2n) is 5.48. The molecule has 1 fully saturated rings. The molecule has 4 N–H and O–H groups in total. The van der Waals surface area contributed by atoms with Gasteiger partial charge in [0.05, 0.1) is 10.7 Å². The third kappa shape index (κ3) is 5.16. The van der Waals surface area contributed by atoms with Crippen LogP contribution in [0.1, 0.15) is 32.6 Å². The van der Waals surface area contributed by atoms with Crippen molar-refractivity contribution in [3.63, 3.8) is 0 Å². The summed E-state index contributed by atoms with van der Waals surface area (Å²) < 4.78 is 0. The highest BCUT2D eigenvalue weighted by Crippen LogP contribution is 2.28. The average Bonchev–Trinajstić information content (AvgIpc) is 2.78. The predicted molar refractivity (Wildman–Crippen MR) is 91.6 cm³/mol. The van der Waals surface area contributed by atoms with E-state index < -0.39 is 0 Å². The van der Waals surface area contributed by atoms with Crippen molar-refractivity contribution in [2.45, 2.75) is 38.6 Å². The molecular weight excluding hydrogens is 325 g/mol. The Kier molecular flexibility index (Phi) is 7.13.